The van der Waals surface area contributed by atoms with E-state index in [1.165, 1.54) is 6.07 Å². The van der Waals surface area contributed by atoms with Crippen molar-refractivity contribution in [2.75, 3.05) is 0 Å². The van der Waals surface area contributed by atoms with Crippen LogP contribution in [0, 0.1) is 5.82 Å². The van der Waals surface area contributed by atoms with Crippen LogP contribution < -0.4 is 4.74 Å². The first-order valence-corrected chi connectivity index (χ1v) is 7.52. The van der Waals surface area contributed by atoms with E-state index in [0.717, 1.165) is 6.08 Å². The third-order valence-electron chi connectivity index (χ3n) is 3.34. The highest BCUT2D eigenvalue weighted by atomic mass is 19.3. The summed E-state index contributed by atoms with van der Waals surface area (Å²) in [7, 11) is 0. The van der Waals surface area contributed by atoms with Gasteiger partial charge in [-0.3, -0.25) is 0 Å². The number of ether oxygens (including phenoxy) is 2. The lowest BCUT2D eigenvalue weighted by atomic mass is 10.1. The fourth-order valence-corrected chi connectivity index (χ4v) is 1.99. The van der Waals surface area contributed by atoms with Crippen LogP contribution in [-0.2, 0) is 11.3 Å². The Balaban J connectivity index is 2.04. The summed E-state index contributed by atoms with van der Waals surface area (Å²) in [5.41, 5.74) is -0.0572. The summed E-state index contributed by atoms with van der Waals surface area (Å²) in [5.74, 6) is 0.137. The van der Waals surface area contributed by atoms with E-state index in [4.69, 9.17) is 9.47 Å². The molecule has 0 radical (unpaired) electrons. The van der Waals surface area contributed by atoms with Crippen molar-refractivity contribution in [1.82, 2.24) is 0 Å². The fourth-order valence-electron chi connectivity index (χ4n) is 1.99. The molecule has 2 rings (SSSR count). The molecule has 2 aromatic carbocycles. The Morgan fingerprint density at radius 1 is 1.08 bits per heavy atom. The molecule has 0 unspecified atom stereocenters. The summed E-state index contributed by atoms with van der Waals surface area (Å²) < 4.78 is 49.4. The van der Waals surface area contributed by atoms with Crippen LogP contribution >= 0.6 is 0 Å². The van der Waals surface area contributed by atoms with E-state index in [1.54, 1.807) is 50.2 Å². The van der Waals surface area contributed by atoms with Crippen molar-refractivity contribution in [3.8, 4) is 11.5 Å². The van der Waals surface area contributed by atoms with Crippen LogP contribution in [0.15, 0.2) is 60.7 Å². The smallest absolute Gasteiger partial charge is 0.266 e. The van der Waals surface area contributed by atoms with E-state index >= 15 is 0 Å². The molecule has 5 heteroatoms. The lowest BCUT2D eigenvalue weighted by molar-refractivity contribution is -0.0274. The van der Waals surface area contributed by atoms with Crippen molar-refractivity contribution in [3.05, 3.63) is 72.1 Å². The summed E-state index contributed by atoms with van der Waals surface area (Å²) in [5, 5.41) is 0. The minimum Gasteiger partial charge on any atom is -0.454 e. The van der Waals surface area contributed by atoms with Crippen LogP contribution in [0.2, 0.25) is 0 Å². The van der Waals surface area contributed by atoms with Gasteiger partial charge in [0.2, 0.25) is 0 Å². The van der Waals surface area contributed by atoms with E-state index in [1.807, 2.05) is 6.07 Å². The maximum atomic E-state index is 13.9. The Bertz CT molecular complexity index is 693. The van der Waals surface area contributed by atoms with Crippen molar-refractivity contribution in [2.24, 2.45) is 0 Å². The second kappa shape index (κ2) is 8.02. The molecule has 0 N–H and O–H groups in total. The van der Waals surface area contributed by atoms with E-state index in [0.29, 0.717) is 11.3 Å². The average molecular weight is 336 g/mol. The molecule has 0 heterocycles. The average Bonchev–Trinajstić information content (AvgIpc) is 2.55. The second-order valence-electron chi connectivity index (χ2n) is 5.93. The summed E-state index contributed by atoms with van der Waals surface area (Å²) >= 11 is 0. The summed E-state index contributed by atoms with van der Waals surface area (Å²) in [4.78, 5) is 0. The minimum absolute atomic E-state index is 0.0872. The van der Waals surface area contributed by atoms with Gasteiger partial charge in [0.25, 0.3) is 6.08 Å². The second-order valence-corrected chi connectivity index (χ2v) is 5.93. The van der Waals surface area contributed by atoms with Gasteiger partial charge >= 0.3 is 0 Å². The summed E-state index contributed by atoms with van der Waals surface area (Å²) in [6, 6.07) is 13.3. The van der Waals surface area contributed by atoms with Gasteiger partial charge in [0.15, 0.2) is 11.6 Å². The van der Waals surface area contributed by atoms with Gasteiger partial charge in [-0.05, 0) is 56.2 Å². The molecular weight excluding hydrogens is 317 g/mol. The molecule has 0 aliphatic rings. The summed E-state index contributed by atoms with van der Waals surface area (Å²) in [6.07, 6.45) is -0.814. The van der Waals surface area contributed by atoms with Gasteiger partial charge in [-0.1, -0.05) is 24.3 Å². The van der Waals surface area contributed by atoms with Crippen molar-refractivity contribution in [1.29, 1.82) is 0 Å². The van der Waals surface area contributed by atoms with E-state index < -0.39 is 17.5 Å². The number of halogens is 3. The van der Waals surface area contributed by atoms with Gasteiger partial charge in [0, 0.05) is 0 Å². The lowest BCUT2D eigenvalue weighted by Crippen LogP contribution is -2.23. The molecule has 0 aliphatic heterocycles. The molecule has 2 aromatic rings. The topological polar surface area (TPSA) is 18.5 Å². The Labute approximate surface area is 139 Å². The first-order chi connectivity index (χ1) is 11.4. The predicted molar refractivity (Wildman–Crippen MR) is 86.7 cm³/mol. The lowest BCUT2D eigenvalue weighted by Gasteiger charge is -2.24. The largest absolute Gasteiger partial charge is 0.454 e. The highest BCUT2D eigenvalue weighted by Crippen LogP contribution is 2.27. The van der Waals surface area contributed by atoms with Crippen LogP contribution in [0.1, 0.15) is 25.8 Å². The van der Waals surface area contributed by atoms with Crippen LogP contribution in [-0.4, -0.2) is 5.60 Å². The van der Waals surface area contributed by atoms with Crippen molar-refractivity contribution in [3.63, 3.8) is 0 Å². The van der Waals surface area contributed by atoms with E-state index in [2.05, 4.69) is 0 Å². The molecule has 0 amide bonds. The zero-order valence-corrected chi connectivity index (χ0v) is 13.6. The maximum Gasteiger partial charge on any atom is 0.266 e. The number of hydrogen-bond acceptors (Lipinski definition) is 2. The maximum absolute atomic E-state index is 13.9. The standard InChI is InChI=1S/C19H19F3O2/c1-19(2,11-10-18(21)22)23-13-14-8-9-16(20)17(12-14)24-15-6-4-3-5-7-15/h3-10,12H,11,13H2,1-2H3. The van der Waals surface area contributed by atoms with Gasteiger partial charge in [-0.25, -0.2) is 4.39 Å². The van der Waals surface area contributed by atoms with Crippen LogP contribution in [0.25, 0.3) is 0 Å². The molecule has 128 valence electrons. The predicted octanol–water partition coefficient (Wildman–Crippen LogP) is 6.08. The monoisotopic (exact) mass is 336 g/mol. The first-order valence-electron chi connectivity index (χ1n) is 7.52. The molecule has 0 saturated heterocycles. The van der Waals surface area contributed by atoms with Gasteiger partial charge in [0.05, 0.1) is 12.2 Å². The normalized spacial score (nSPS) is 11.2. The Kier molecular flexibility index (Phi) is 6.04. The number of para-hydroxylation sites is 1. The summed E-state index contributed by atoms with van der Waals surface area (Å²) in [6.45, 7) is 3.61. The first kappa shape index (κ1) is 18.1. The molecule has 0 atom stereocenters. The zero-order chi connectivity index (χ0) is 17.6. The Morgan fingerprint density at radius 3 is 2.46 bits per heavy atom. The molecular formula is C19H19F3O2. The van der Waals surface area contributed by atoms with Gasteiger partial charge < -0.3 is 9.47 Å². The molecule has 24 heavy (non-hydrogen) atoms. The molecule has 0 spiro atoms. The highest BCUT2D eigenvalue weighted by Gasteiger charge is 2.18. The van der Waals surface area contributed by atoms with Gasteiger partial charge in [0.1, 0.15) is 5.75 Å². The van der Waals surface area contributed by atoms with E-state index in [9.17, 15) is 13.2 Å². The SMILES string of the molecule is CC(C)(CC=C(F)F)OCc1ccc(F)c(Oc2ccccc2)c1. The number of rotatable bonds is 7. The minimum atomic E-state index is -1.73. The fraction of sp³-hybridized carbons (Fsp3) is 0.263. The number of hydrogen-bond donors (Lipinski definition) is 0. The quantitative estimate of drug-likeness (QED) is 0.610. The third kappa shape index (κ3) is 5.74. The van der Waals surface area contributed by atoms with Crippen molar-refractivity contribution >= 4 is 0 Å². The van der Waals surface area contributed by atoms with Crippen LogP contribution in [0.4, 0.5) is 13.2 Å². The van der Waals surface area contributed by atoms with Crippen LogP contribution in [0.3, 0.4) is 0 Å². The molecule has 0 fully saturated rings. The molecule has 2 nitrogen and oxygen atoms in total. The number of benzene rings is 2. The molecule has 0 aromatic heterocycles. The van der Waals surface area contributed by atoms with Gasteiger partial charge in [-0.2, -0.15) is 8.78 Å². The van der Waals surface area contributed by atoms with Gasteiger partial charge in [-0.15, -0.1) is 0 Å². The van der Waals surface area contributed by atoms with Crippen molar-refractivity contribution < 1.29 is 22.6 Å². The highest BCUT2D eigenvalue weighted by molar-refractivity contribution is 5.35. The Morgan fingerprint density at radius 2 is 1.79 bits per heavy atom. The molecule has 0 bridgehead atoms. The zero-order valence-electron chi connectivity index (χ0n) is 13.6. The molecule has 0 aliphatic carbocycles. The van der Waals surface area contributed by atoms with Crippen LogP contribution in [0.5, 0.6) is 11.5 Å². The van der Waals surface area contributed by atoms with Crippen molar-refractivity contribution in [2.45, 2.75) is 32.5 Å². The Hall–Kier alpha value is -2.27. The molecule has 0 saturated carbocycles. The third-order valence-corrected chi connectivity index (χ3v) is 3.34. The van der Waals surface area contributed by atoms with E-state index in [-0.39, 0.29) is 18.8 Å².